The maximum absolute atomic E-state index is 12.3. The summed E-state index contributed by atoms with van der Waals surface area (Å²) in [5, 5.41) is 11.6. The van der Waals surface area contributed by atoms with Crippen molar-refractivity contribution in [2.24, 2.45) is 4.99 Å². The Morgan fingerprint density at radius 1 is 1.28 bits per heavy atom. The predicted octanol–water partition coefficient (Wildman–Crippen LogP) is 1.88. The summed E-state index contributed by atoms with van der Waals surface area (Å²) in [5.41, 5.74) is 0.815. The Kier molecular flexibility index (Phi) is 9.52. The summed E-state index contributed by atoms with van der Waals surface area (Å²) in [4.78, 5) is 31.0. The Morgan fingerprint density at radius 2 is 1.92 bits per heavy atom. The summed E-state index contributed by atoms with van der Waals surface area (Å²) < 4.78 is 0. The van der Waals surface area contributed by atoms with Crippen molar-refractivity contribution in [1.29, 1.82) is 0 Å². The van der Waals surface area contributed by atoms with Crippen molar-refractivity contribution in [3.63, 3.8) is 0 Å². The Hall–Kier alpha value is -1.60. The van der Waals surface area contributed by atoms with Crippen LogP contribution in [0.15, 0.2) is 16.3 Å². The first-order chi connectivity index (χ1) is 11.8. The average molecular weight is 373 g/mol. The molecule has 0 bridgehead atoms. The third-order valence-electron chi connectivity index (χ3n) is 4.28. The molecule has 142 valence electrons. The Bertz CT molecular complexity index is 512. The number of piperidine rings is 1. The summed E-state index contributed by atoms with van der Waals surface area (Å²) in [6.07, 6.45) is 4.51. The monoisotopic (exact) mass is 372 g/mol. The number of carboxylic acid groups (broad SMARTS) is 1. The van der Waals surface area contributed by atoms with Crippen LogP contribution in [-0.4, -0.2) is 72.3 Å². The fourth-order valence-corrected chi connectivity index (χ4v) is 2.79. The van der Waals surface area contributed by atoms with Gasteiger partial charge in [0.05, 0.1) is 12.6 Å². The molecule has 1 rings (SSSR count). The molecule has 1 amide bonds. The van der Waals surface area contributed by atoms with Gasteiger partial charge in [-0.25, -0.2) is 0 Å². The fourth-order valence-electron chi connectivity index (χ4n) is 2.64. The highest BCUT2D eigenvalue weighted by atomic mass is 35.5. The lowest BCUT2D eigenvalue weighted by Gasteiger charge is -2.35. The molecule has 1 aliphatic rings. The fraction of sp³-hybridized carbons (Fsp3) is 0.706. The van der Waals surface area contributed by atoms with E-state index in [1.807, 2.05) is 11.8 Å². The normalized spacial score (nSPS) is 17.1. The molecule has 0 aliphatic carbocycles. The first kappa shape index (κ1) is 21.4. The van der Waals surface area contributed by atoms with Crippen LogP contribution in [0.4, 0.5) is 0 Å². The molecule has 25 heavy (non-hydrogen) atoms. The Balaban J connectivity index is 2.31. The van der Waals surface area contributed by atoms with Crippen LogP contribution >= 0.6 is 11.6 Å². The molecule has 0 spiro atoms. The molecular formula is C17H29ClN4O3. The number of hydrogen-bond donors (Lipinski definition) is 2. The maximum atomic E-state index is 12.3. The van der Waals surface area contributed by atoms with Gasteiger partial charge in [0.1, 0.15) is 5.16 Å². The van der Waals surface area contributed by atoms with Crippen molar-refractivity contribution in [2.75, 3.05) is 33.7 Å². The third kappa shape index (κ3) is 8.88. The number of aliphatic imine (C=N–C) groups is 1. The summed E-state index contributed by atoms with van der Waals surface area (Å²) >= 11 is 5.90. The number of amides is 1. The minimum atomic E-state index is -0.884. The maximum Gasteiger partial charge on any atom is 0.305 e. The molecule has 2 N–H and O–H groups in total. The average Bonchev–Trinajstić information content (AvgIpc) is 2.57. The summed E-state index contributed by atoms with van der Waals surface area (Å²) in [7, 11) is 4.16. The van der Waals surface area contributed by atoms with Crippen molar-refractivity contribution < 1.29 is 14.7 Å². The number of rotatable bonds is 9. The van der Waals surface area contributed by atoms with Gasteiger partial charge in [-0.2, -0.15) is 0 Å². The minimum absolute atomic E-state index is 0.00816. The van der Waals surface area contributed by atoms with Gasteiger partial charge in [0, 0.05) is 37.8 Å². The van der Waals surface area contributed by atoms with E-state index >= 15 is 0 Å². The number of nitrogens with zero attached hydrogens (tertiary/aromatic N) is 3. The van der Waals surface area contributed by atoms with Crippen molar-refractivity contribution in [3.05, 3.63) is 11.4 Å². The van der Waals surface area contributed by atoms with Crippen molar-refractivity contribution in [2.45, 2.75) is 45.1 Å². The van der Waals surface area contributed by atoms with Crippen LogP contribution in [0.5, 0.6) is 0 Å². The highest BCUT2D eigenvalue weighted by Crippen LogP contribution is 2.15. The van der Waals surface area contributed by atoms with E-state index in [4.69, 9.17) is 16.7 Å². The van der Waals surface area contributed by atoms with Gasteiger partial charge >= 0.3 is 5.97 Å². The Labute approximate surface area is 154 Å². The molecule has 7 nitrogen and oxygen atoms in total. The number of carbonyl (C=O) groups is 2. The summed E-state index contributed by atoms with van der Waals surface area (Å²) in [5.74, 6) is -0.716. The first-order valence-corrected chi connectivity index (χ1v) is 8.96. The van der Waals surface area contributed by atoms with Gasteiger partial charge in [-0.05, 0) is 40.3 Å². The molecule has 1 fully saturated rings. The van der Waals surface area contributed by atoms with Crippen molar-refractivity contribution in [3.8, 4) is 0 Å². The van der Waals surface area contributed by atoms with E-state index in [1.54, 1.807) is 0 Å². The van der Waals surface area contributed by atoms with Crippen LogP contribution in [0.2, 0.25) is 0 Å². The second-order valence-electron chi connectivity index (χ2n) is 6.49. The molecule has 1 aliphatic heterocycles. The topological polar surface area (TPSA) is 85.2 Å². The number of halogens is 1. The quantitative estimate of drug-likeness (QED) is 0.477. The number of aliphatic carboxylic acids is 1. The second-order valence-corrected chi connectivity index (χ2v) is 6.89. The highest BCUT2D eigenvalue weighted by Gasteiger charge is 2.23. The number of nitrogens with one attached hydrogen (secondary N) is 1. The molecule has 0 atom stereocenters. The van der Waals surface area contributed by atoms with Crippen molar-refractivity contribution >= 4 is 29.2 Å². The lowest BCUT2D eigenvalue weighted by Crippen LogP contribution is -2.44. The Morgan fingerprint density at radius 3 is 2.48 bits per heavy atom. The molecule has 0 saturated carbocycles. The lowest BCUT2D eigenvalue weighted by atomic mass is 10.0. The molecule has 8 heteroatoms. The molecule has 1 saturated heterocycles. The number of hydrogen-bond acceptors (Lipinski definition) is 5. The van der Waals surface area contributed by atoms with E-state index in [0.717, 1.165) is 31.6 Å². The SMILES string of the molecule is CC(CCC(=O)N1CCC(N(C)C)CC1)=N/C=C(/Cl)NCCC(=O)O. The van der Waals surface area contributed by atoms with E-state index in [9.17, 15) is 9.59 Å². The second kappa shape index (κ2) is 11.1. The van der Waals surface area contributed by atoms with Crippen LogP contribution in [-0.2, 0) is 9.59 Å². The van der Waals surface area contributed by atoms with Crippen LogP contribution < -0.4 is 5.32 Å². The zero-order valence-corrected chi connectivity index (χ0v) is 16.1. The molecule has 0 aromatic carbocycles. The van der Waals surface area contributed by atoms with Gasteiger partial charge in [-0.3, -0.25) is 14.6 Å². The van der Waals surface area contributed by atoms with Gasteiger partial charge in [-0.15, -0.1) is 0 Å². The van der Waals surface area contributed by atoms with E-state index in [2.05, 4.69) is 29.3 Å². The molecular weight excluding hydrogens is 344 g/mol. The van der Waals surface area contributed by atoms with Gasteiger partial charge in [0.25, 0.3) is 0 Å². The lowest BCUT2D eigenvalue weighted by molar-refractivity contribution is -0.137. The molecule has 0 radical (unpaired) electrons. The van der Waals surface area contributed by atoms with Gasteiger partial charge < -0.3 is 20.2 Å². The summed E-state index contributed by atoms with van der Waals surface area (Å²) in [6, 6.07) is 0.563. The van der Waals surface area contributed by atoms with E-state index < -0.39 is 5.97 Å². The molecule has 1 heterocycles. The van der Waals surface area contributed by atoms with Crippen LogP contribution in [0.3, 0.4) is 0 Å². The van der Waals surface area contributed by atoms with Gasteiger partial charge in [0.15, 0.2) is 0 Å². The van der Waals surface area contributed by atoms with Gasteiger partial charge in [-0.1, -0.05) is 11.6 Å². The van der Waals surface area contributed by atoms with E-state index in [0.29, 0.717) is 18.9 Å². The zero-order chi connectivity index (χ0) is 18.8. The van der Waals surface area contributed by atoms with Crippen LogP contribution in [0.1, 0.15) is 39.0 Å². The highest BCUT2D eigenvalue weighted by molar-refractivity contribution is 6.29. The van der Waals surface area contributed by atoms with Crippen LogP contribution in [0, 0.1) is 0 Å². The van der Waals surface area contributed by atoms with Crippen molar-refractivity contribution in [1.82, 2.24) is 15.1 Å². The summed E-state index contributed by atoms with van der Waals surface area (Å²) in [6.45, 7) is 3.73. The number of carbonyl (C=O) groups excluding carboxylic acids is 1. The molecule has 0 unspecified atom stereocenters. The smallest absolute Gasteiger partial charge is 0.305 e. The van der Waals surface area contributed by atoms with E-state index in [-0.39, 0.29) is 24.0 Å². The zero-order valence-electron chi connectivity index (χ0n) is 15.3. The molecule has 0 aromatic rings. The number of carboxylic acids is 1. The number of likely N-dealkylation sites (tertiary alicyclic amines) is 1. The molecule has 0 aromatic heterocycles. The first-order valence-electron chi connectivity index (χ1n) is 8.58. The predicted molar refractivity (Wildman–Crippen MR) is 99.8 cm³/mol. The minimum Gasteiger partial charge on any atom is -0.481 e. The van der Waals surface area contributed by atoms with E-state index in [1.165, 1.54) is 6.20 Å². The van der Waals surface area contributed by atoms with Crippen LogP contribution in [0.25, 0.3) is 0 Å². The standard InChI is InChI=1S/C17H29ClN4O3/c1-13(20-12-15(18)19-9-6-17(24)25)4-5-16(23)22-10-7-14(8-11-22)21(2)3/h12,14,19H,4-11H2,1-3H3,(H,24,25)/b15-12-,20-13?. The largest absolute Gasteiger partial charge is 0.481 e. The third-order valence-corrected chi connectivity index (χ3v) is 4.51. The van der Waals surface area contributed by atoms with Gasteiger partial charge in [0.2, 0.25) is 5.91 Å².